The number of amides is 1. The first-order valence-electron chi connectivity index (χ1n) is 6.87. The van der Waals surface area contributed by atoms with Crippen molar-refractivity contribution in [2.24, 2.45) is 0 Å². The predicted octanol–water partition coefficient (Wildman–Crippen LogP) is 1.72. The van der Waals surface area contributed by atoms with Crippen molar-refractivity contribution < 1.29 is 14.6 Å². The molecule has 3 rings (SSSR count). The van der Waals surface area contributed by atoms with Gasteiger partial charge in [0.05, 0.1) is 18.6 Å². The van der Waals surface area contributed by atoms with E-state index in [9.17, 15) is 9.90 Å². The van der Waals surface area contributed by atoms with Crippen molar-refractivity contribution in [1.29, 1.82) is 0 Å². The molecule has 4 nitrogen and oxygen atoms in total. The molecule has 2 saturated heterocycles. The van der Waals surface area contributed by atoms with Crippen molar-refractivity contribution in [1.82, 2.24) is 4.90 Å². The monoisotopic (exact) mass is 261 g/mol. The summed E-state index contributed by atoms with van der Waals surface area (Å²) in [4.78, 5) is 14.1. The van der Waals surface area contributed by atoms with E-state index in [1.54, 1.807) is 18.2 Å². The van der Waals surface area contributed by atoms with E-state index in [4.69, 9.17) is 4.74 Å². The van der Waals surface area contributed by atoms with Gasteiger partial charge in [0.2, 0.25) is 5.91 Å². The lowest BCUT2D eigenvalue weighted by atomic mass is 9.84. The molecular weight excluding hydrogens is 242 g/mol. The fourth-order valence-electron chi connectivity index (χ4n) is 2.90. The van der Waals surface area contributed by atoms with Gasteiger partial charge in [-0.05, 0) is 37.0 Å². The maximum atomic E-state index is 12.2. The minimum atomic E-state index is 0.0851. The summed E-state index contributed by atoms with van der Waals surface area (Å²) in [5.41, 5.74) is 0.951. The summed E-state index contributed by atoms with van der Waals surface area (Å²) in [6, 6.07) is 6.91. The molecule has 1 spiro atoms. The van der Waals surface area contributed by atoms with Crippen LogP contribution in [0.25, 0.3) is 0 Å². The third-order valence-corrected chi connectivity index (χ3v) is 4.26. The minimum absolute atomic E-state index is 0.0851. The summed E-state index contributed by atoms with van der Waals surface area (Å²) in [6.45, 7) is 2.45. The molecule has 2 aliphatic rings. The van der Waals surface area contributed by atoms with Gasteiger partial charge in [-0.1, -0.05) is 12.1 Å². The number of benzene rings is 1. The second-order valence-corrected chi connectivity index (χ2v) is 5.51. The molecule has 0 unspecified atom stereocenters. The average molecular weight is 261 g/mol. The lowest BCUT2D eigenvalue weighted by Gasteiger charge is -2.47. The van der Waals surface area contributed by atoms with E-state index < -0.39 is 0 Å². The molecule has 2 heterocycles. The molecule has 0 aromatic heterocycles. The van der Waals surface area contributed by atoms with Crippen LogP contribution in [0.3, 0.4) is 0 Å². The summed E-state index contributed by atoms with van der Waals surface area (Å²) in [6.07, 6.45) is 3.42. The van der Waals surface area contributed by atoms with Crippen molar-refractivity contribution in [2.45, 2.75) is 31.3 Å². The van der Waals surface area contributed by atoms with E-state index in [0.29, 0.717) is 6.42 Å². The normalized spacial score (nSPS) is 21.2. The summed E-state index contributed by atoms with van der Waals surface area (Å²) < 4.78 is 5.65. The maximum absolute atomic E-state index is 12.2. The molecule has 19 heavy (non-hydrogen) atoms. The summed E-state index contributed by atoms with van der Waals surface area (Å²) >= 11 is 0. The van der Waals surface area contributed by atoms with Crippen LogP contribution < -0.4 is 0 Å². The Morgan fingerprint density at radius 2 is 2.05 bits per heavy atom. The first-order valence-corrected chi connectivity index (χ1v) is 6.87. The fourth-order valence-corrected chi connectivity index (χ4v) is 2.90. The molecule has 0 aliphatic carbocycles. The van der Waals surface area contributed by atoms with Gasteiger partial charge >= 0.3 is 0 Å². The van der Waals surface area contributed by atoms with Crippen LogP contribution in [0.2, 0.25) is 0 Å². The van der Waals surface area contributed by atoms with Crippen LogP contribution in [0, 0.1) is 0 Å². The lowest BCUT2D eigenvalue weighted by molar-refractivity contribution is -0.176. The number of hydrogen-bond donors (Lipinski definition) is 1. The van der Waals surface area contributed by atoms with Crippen LogP contribution in [0.1, 0.15) is 24.8 Å². The van der Waals surface area contributed by atoms with Crippen molar-refractivity contribution in [3.63, 3.8) is 0 Å². The van der Waals surface area contributed by atoms with E-state index in [1.165, 1.54) is 0 Å². The highest BCUT2D eigenvalue weighted by Gasteiger charge is 2.41. The van der Waals surface area contributed by atoms with Gasteiger partial charge in [0.1, 0.15) is 5.75 Å². The Bertz CT molecular complexity index is 472. The Morgan fingerprint density at radius 3 is 2.63 bits per heavy atom. The number of phenols is 1. The molecular formula is C15H19NO3. The van der Waals surface area contributed by atoms with Crippen LogP contribution in [0.5, 0.6) is 5.75 Å². The number of ether oxygens (including phenoxy) is 1. The molecule has 0 radical (unpaired) electrons. The molecule has 1 aromatic rings. The van der Waals surface area contributed by atoms with E-state index in [-0.39, 0.29) is 17.3 Å². The van der Waals surface area contributed by atoms with Gasteiger partial charge in [-0.3, -0.25) is 4.79 Å². The smallest absolute Gasteiger partial charge is 0.226 e. The SMILES string of the molecule is O=C(Cc1cccc(O)c1)N1CCC2(CCO2)CC1. The van der Waals surface area contributed by atoms with Crippen molar-refractivity contribution in [3.05, 3.63) is 29.8 Å². The van der Waals surface area contributed by atoms with Crippen LogP contribution in [-0.4, -0.2) is 41.2 Å². The fraction of sp³-hybridized carbons (Fsp3) is 0.533. The van der Waals surface area contributed by atoms with Gasteiger partial charge in [-0.2, -0.15) is 0 Å². The van der Waals surface area contributed by atoms with Gasteiger partial charge in [-0.25, -0.2) is 0 Å². The molecule has 102 valence electrons. The molecule has 2 aliphatic heterocycles. The number of carbonyl (C=O) groups excluding carboxylic acids is 1. The zero-order valence-electron chi connectivity index (χ0n) is 11.0. The highest BCUT2D eigenvalue weighted by molar-refractivity contribution is 5.79. The Morgan fingerprint density at radius 1 is 1.32 bits per heavy atom. The van der Waals surface area contributed by atoms with Gasteiger partial charge < -0.3 is 14.7 Å². The number of aromatic hydroxyl groups is 1. The van der Waals surface area contributed by atoms with E-state index in [1.807, 2.05) is 11.0 Å². The first-order chi connectivity index (χ1) is 9.17. The Kier molecular flexibility index (Phi) is 3.19. The second kappa shape index (κ2) is 4.85. The van der Waals surface area contributed by atoms with Crippen molar-refractivity contribution in [2.75, 3.05) is 19.7 Å². The number of carbonyl (C=O) groups is 1. The van der Waals surface area contributed by atoms with Crippen LogP contribution in [0.4, 0.5) is 0 Å². The number of piperidine rings is 1. The Labute approximate surface area is 113 Å². The molecule has 0 bridgehead atoms. The first kappa shape index (κ1) is 12.5. The third-order valence-electron chi connectivity index (χ3n) is 4.26. The van der Waals surface area contributed by atoms with Crippen molar-refractivity contribution >= 4 is 5.91 Å². The quantitative estimate of drug-likeness (QED) is 0.882. The standard InChI is InChI=1S/C15H19NO3/c17-13-3-1-2-12(10-13)11-14(18)16-7-4-15(5-8-16)6-9-19-15/h1-3,10,17H,4-9,11H2. The highest BCUT2D eigenvalue weighted by atomic mass is 16.5. The lowest BCUT2D eigenvalue weighted by Crippen LogP contribution is -2.53. The van der Waals surface area contributed by atoms with Crippen molar-refractivity contribution in [3.8, 4) is 5.75 Å². The zero-order chi connectivity index (χ0) is 13.3. The van der Waals surface area contributed by atoms with Gasteiger partial charge in [0.15, 0.2) is 0 Å². The number of likely N-dealkylation sites (tertiary alicyclic amines) is 1. The number of phenolic OH excluding ortho intramolecular Hbond substituents is 1. The molecule has 4 heteroatoms. The number of rotatable bonds is 2. The largest absolute Gasteiger partial charge is 0.508 e. The van der Waals surface area contributed by atoms with E-state index in [0.717, 1.165) is 44.5 Å². The Balaban J connectivity index is 1.56. The second-order valence-electron chi connectivity index (χ2n) is 5.51. The topological polar surface area (TPSA) is 49.8 Å². The molecule has 0 saturated carbocycles. The average Bonchev–Trinajstić information content (AvgIpc) is 2.37. The molecule has 1 amide bonds. The summed E-state index contributed by atoms with van der Waals surface area (Å²) in [5.74, 6) is 0.352. The van der Waals surface area contributed by atoms with Gasteiger partial charge in [-0.15, -0.1) is 0 Å². The van der Waals surface area contributed by atoms with E-state index in [2.05, 4.69) is 0 Å². The van der Waals surface area contributed by atoms with Crippen LogP contribution in [0.15, 0.2) is 24.3 Å². The minimum Gasteiger partial charge on any atom is -0.508 e. The van der Waals surface area contributed by atoms with Crippen LogP contribution in [-0.2, 0) is 16.0 Å². The molecule has 0 atom stereocenters. The maximum Gasteiger partial charge on any atom is 0.226 e. The van der Waals surface area contributed by atoms with Gasteiger partial charge in [0, 0.05) is 13.1 Å². The number of hydrogen-bond acceptors (Lipinski definition) is 3. The molecule has 1 N–H and O–H groups in total. The molecule has 1 aromatic carbocycles. The predicted molar refractivity (Wildman–Crippen MR) is 70.9 cm³/mol. The summed E-state index contributed by atoms with van der Waals surface area (Å²) in [5, 5.41) is 9.40. The third kappa shape index (κ3) is 2.59. The molecule has 2 fully saturated rings. The van der Waals surface area contributed by atoms with Gasteiger partial charge in [0.25, 0.3) is 0 Å². The zero-order valence-corrected chi connectivity index (χ0v) is 11.0. The number of nitrogens with zero attached hydrogens (tertiary/aromatic N) is 1. The van der Waals surface area contributed by atoms with Crippen LogP contribution >= 0.6 is 0 Å². The summed E-state index contributed by atoms with van der Waals surface area (Å²) in [7, 11) is 0. The van der Waals surface area contributed by atoms with E-state index >= 15 is 0 Å². The Hall–Kier alpha value is -1.55. The highest BCUT2D eigenvalue weighted by Crippen LogP contribution is 2.36.